The molecule has 0 spiro atoms. The van der Waals surface area contributed by atoms with Gasteiger partial charge >= 0.3 is 0 Å². The molecule has 1 unspecified atom stereocenters. The minimum Gasteiger partial charge on any atom is -0.360 e. The van der Waals surface area contributed by atoms with E-state index in [0.29, 0.717) is 27.8 Å². The van der Waals surface area contributed by atoms with Crippen molar-refractivity contribution in [3.05, 3.63) is 83.6 Å². The summed E-state index contributed by atoms with van der Waals surface area (Å²) in [5, 5.41) is 0.370. The third kappa shape index (κ3) is 3.18. The molecule has 4 heterocycles. The molecule has 2 saturated heterocycles. The van der Waals surface area contributed by atoms with Crippen molar-refractivity contribution in [3.63, 3.8) is 0 Å². The van der Waals surface area contributed by atoms with Crippen molar-refractivity contribution in [2.24, 2.45) is 11.8 Å². The van der Waals surface area contributed by atoms with Crippen LogP contribution in [0.3, 0.4) is 0 Å². The van der Waals surface area contributed by atoms with Crippen molar-refractivity contribution in [2.75, 3.05) is 21.7 Å². The van der Waals surface area contributed by atoms with Crippen LogP contribution < -0.4 is 14.7 Å². The van der Waals surface area contributed by atoms with Gasteiger partial charge < -0.3 is 4.90 Å². The number of carbonyl (C=O) groups excluding carboxylic acids is 4. The number of aromatic nitrogens is 1. The number of pyridine rings is 1. The zero-order valence-corrected chi connectivity index (χ0v) is 20.0. The maximum absolute atomic E-state index is 13.9. The normalized spacial score (nSPS) is 25.4. The van der Waals surface area contributed by atoms with E-state index in [1.807, 2.05) is 0 Å². The number of hydrogen-bond donors (Lipinski definition) is 0. The van der Waals surface area contributed by atoms with Crippen LogP contribution in [-0.4, -0.2) is 41.7 Å². The van der Waals surface area contributed by atoms with E-state index in [-0.39, 0.29) is 18.2 Å². The Morgan fingerprint density at radius 3 is 2.06 bits per heavy atom. The van der Waals surface area contributed by atoms with Crippen LogP contribution in [0.25, 0.3) is 0 Å². The number of amides is 4. The maximum atomic E-state index is 13.9. The Labute approximate surface area is 212 Å². The molecule has 0 aliphatic carbocycles. The van der Waals surface area contributed by atoms with E-state index in [4.69, 9.17) is 11.6 Å². The Kier molecular flexibility index (Phi) is 5.15. The molecular weight excluding hydrogens is 480 g/mol. The van der Waals surface area contributed by atoms with Crippen LogP contribution in [-0.2, 0) is 19.2 Å². The van der Waals surface area contributed by atoms with Gasteiger partial charge in [0, 0.05) is 25.6 Å². The summed E-state index contributed by atoms with van der Waals surface area (Å²) in [6, 6.07) is 18.3. The molecule has 3 aliphatic rings. The second-order valence-corrected chi connectivity index (χ2v) is 9.66. The van der Waals surface area contributed by atoms with Crippen LogP contribution in [0, 0.1) is 11.8 Å². The van der Waals surface area contributed by atoms with E-state index in [0.717, 1.165) is 0 Å². The number of imide groups is 2. The summed E-state index contributed by atoms with van der Waals surface area (Å²) < 4.78 is 0. The summed E-state index contributed by atoms with van der Waals surface area (Å²) >= 11 is 6.26. The standard InChI is InChI=1S/C27H21ClN4O4/c1-30-19-12-15(28)14-29-23(19)21(18-13-20(33)31(25(18)34)16-8-4-2-5-9-16)22-24(30)27(36)32(26(22)35)17-10-6-3-7-11-17/h2-12,14,18,21-22,24H,13H2,1H3/t18?,21-,22+,24-/m0/s1. The molecule has 6 rings (SSSR count). The monoisotopic (exact) mass is 500 g/mol. The molecule has 4 amide bonds. The minimum atomic E-state index is -0.888. The maximum Gasteiger partial charge on any atom is 0.257 e. The van der Waals surface area contributed by atoms with Crippen molar-refractivity contribution in [1.82, 2.24) is 4.98 Å². The Hall–Kier alpha value is -4.04. The van der Waals surface area contributed by atoms with Gasteiger partial charge in [0.15, 0.2) is 0 Å². The zero-order chi connectivity index (χ0) is 25.1. The summed E-state index contributed by atoms with van der Waals surface area (Å²) in [6.45, 7) is 0. The van der Waals surface area contributed by atoms with Crippen LogP contribution in [0.5, 0.6) is 0 Å². The molecule has 0 N–H and O–H groups in total. The molecule has 2 aromatic carbocycles. The molecule has 36 heavy (non-hydrogen) atoms. The van der Waals surface area contributed by atoms with Gasteiger partial charge in [0.05, 0.1) is 39.6 Å². The highest BCUT2D eigenvalue weighted by Gasteiger charge is 2.61. The van der Waals surface area contributed by atoms with E-state index in [9.17, 15) is 19.2 Å². The van der Waals surface area contributed by atoms with E-state index >= 15 is 0 Å². The molecule has 0 bridgehead atoms. The molecule has 1 aromatic heterocycles. The molecule has 0 saturated carbocycles. The van der Waals surface area contributed by atoms with Crippen LogP contribution in [0.15, 0.2) is 72.9 Å². The second-order valence-electron chi connectivity index (χ2n) is 9.23. The van der Waals surface area contributed by atoms with E-state index in [1.54, 1.807) is 78.7 Å². The van der Waals surface area contributed by atoms with Gasteiger partial charge in [-0.2, -0.15) is 0 Å². The van der Waals surface area contributed by atoms with Gasteiger partial charge in [-0.15, -0.1) is 0 Å². The second kappa shape index (κ2) is 8.27. The van der Waals surface area contributed by atoms with Gasteiger partial charge in [-0.3, -0.25) is 29.1 Å². The van der Waals surface area contributed by atoms with Crippen molar-refractivity contribution in [1.29, 1.82) is 0 Å². The van der Waals surface area contributed by atoms with Crippen molar-refractivity contribution >= 4 is 52.3 Å². The first-order chi connectivity index (χ1) is 17.4. The number of rotatable bonds is 3. The average molecular weight is 501 g/mol. The highest BCUT2D eigenvalue weighted by Crippen LogP contribution is 2.51. The van der Waals surface area contributed by atoms with Crippen LogP contribution in [0.4, 0.5) is 17.1 Å². The SMILES string of the molecule is CN1c2cc(Cl)cnc2[C@@H](C2CC(=O)N(c3ccccc3)C2=O)[C@H]2C(=O)N(c3ccccc3)C(=O)[C@H]21. The first-order valence-electron chi connectivity index (χ1n) is 11.6. The lowest BCUT2D eigenvalue weighted by Crippen LogP contribution is -2.50. The Morgan fingerprint density at radius 1 is 0.806 bits per heavy atom. The first-order valence-corrected chi connectivity index (χ1v) is 12.0. The fourth-order valence-electron chi connectivity index (χ4n) is 5.79. The van der Waals surface area contributed by atoms with E-state index in [2.05, 4.69) is 4.98 Å². The topological polar surface area (TPSA) is 90.9 Å². The quantitative estimate of drug-likeness (QED) is 0.512. The lowest BCUT2D eigenvalue weighted by Gasteiger charge is -2.40. The van der Waals surface area contributed by atoms with Crippen LogP contribution >= 0.6 is 11.6 Å². The van der Waals surface area contributed by atoms with Gasteiger partial charge in [-0.1, -0.05) is 48.0 Å². The third-order valence-electron chi connectivity index (χ3n) is 7.33. The summed E-state index contributed by atoms with van der Waals surface area (Å²) in [5.41, 5.74) is 2.00. The summed E-state index contributed by atoms with van der Waals surface area (Å²) in [6.07, 6.45) is 1.38. The van der Waals surface area contributed by atoms with Crippen molar-refractivity contribution in [2.45, 2.75) is 18.4 Å². The predicted molar refractivity (Wildman–Crippen MR) is 134 cm³/mol. The largest absolute Gasteiger partial charge is 0.360 e. The van der Waals surface area contributed by atoms with Gasteiger partial charge in [0.25, 0.3) is 5.91 Å². The molecule has 4 atom stereocenters. The highest BCUT2D eigenvalue weighted by atomic mass is 35.5. The molecule has 3 aliphatic heterocycles. The number of fused-ring (bicyclic) bond motifs is 2. The van der Waals surface area contributed by atoms with Gasteiger partial charge in [-0.25, -0.2) is 4.90 Å². The number of anilines is 3. The van der Waals surface area contributed by atoms with Gasteiger partial charge in [0.1, 0.15) is 6.04 Å². The van der Waals surface area contributed by atoms with Crippen LogP contribution in [0.2, 0.25) is 5.02 Å². The molecular formula is C27H21ClN4O4. The number of para-hydroxylation sites is 2. The summed E-state index contributed by atoms with van der Waals surface area (Å²) in [4.78, 5) is 63.0. The van der Waals surface area contributed by atoms with Crippen LogP contribution in [0.1, 0.15) is 18.0 Å². The molecule has 180 valence electrons. The zero-order valence-electron chi connectivity index (χ0n) is 19.2. The fourth-order valence-corrected chi connectivity index (χ4v) is 5.94. The minimum absolute atomic E-state index is 0.0815. The lowest BCUT2D eigenvalue weighted by atomic mass is 9.72. The molecule has 0 radical (unpaired) electrons. The molecule has 9 heteroatoms. The smallest absolute Gasteiger partial charge is 0.257 e. The molecule has 2 fully saturated rings. The number of benzene rings is 2. The van der Waals surface area contributed by atoms with Gasteiger partial charge in [0.2, 0.25) is 17.7 Å². The summed E-state index contributed by atoms with van der Waals surface area (Å²) in [7, 11) is 1.72. The number of carbonyl (C=O) groups is 4. The van der Waals surface area contributed by atoms with Crippen molar-refractivity contribution in [3.8, 4) is 0 Å². The third-order valence-corrected chi connectivity index (χ3v) is 7.53. The Bertz CT molecular complexity index is 1410. The van der Waals surface area contributed by atoms with E-state index in [1.165, 1.54) is 16.0 Å². The number of halogens is 1. The summed E-state index contributed by atoms with van der Waals surface area (Å²) in [5.74, 6) is -4.05. The predicted octanol–water partition coefficient (Wildman–Crippen LogP) is 3.41. The molecule has 8 nitrogen and oxygen atoms in total. The number of nitrogens with zero attached hydrogens (tertiary/aromatic N) is 4. The highest BCUT2D eigenvalue weighted by molar-refractivity contribution is 6.31. The molecule has 3 aromatic rings. The van der Waals surface area contributed by atoms with Crippen molar-refractivity contribution < 1.29 is 19.2 Å². The lowest BCUT2D eigenvalue weighted by molar-refractivity contribution is -0.124. The number of likely N-dealkylation sites (N-methyl/N-ethyl adjacent to an activating group) is 1. The first kappa shape index (κ1) is 22.4. The van der Waals surface area contributed by atoms with Gasteiger partial charge in [-0.05, 0) is 30.3 Å². The van der Waals surface area contributed by atoms with E-state index < -0.39 is 35.6 Å². The average Bonchev–Trinajstić information content (AvgIpc) is 3.32. The Balaban J connectivity index is 1.49. The number of hydrogen-bond acceptors (Lipinski definition) is 6. The Morgan fingerprint density at radius 2 is 1.42 bits per heavy atom. The fraction of sp³-hybridized carbons (Fsp3) is 0.222.